The van der Waals surface area contributed by atoms with Gasteiger partial charge in [-0.3, -0.25) is 4.98 Å². The molecule has 0 aliphatic heterocycles. The maximum atomic E-state index is 12.8. The summed E-state index contributed by atoms with van der Waals surface area (Å²) in [6.07, 6.45) is 6.10. The van der Waals surface area contributed by atoms with Crippen LogP contribution in [-0.4, -0.2) is 23.0 Å². The summed E-state index contributed by atoms with van der Waals surface area (Å²) in [5.74, 6) is 0.811. The van der Waals surface area contributed by atoms with Crippen molar-refractivity contribution in [2.24, 2.45) is 0 Å². The highest BCUT2D eigenvalue weighted by Gasteiger charge is 2.04. The zero-order chi connectivity index (χ0) is 11.1. The maximum Gasteiger partial charge on any atom is 0.141 e. The van der Waals surface area contributed by atoms with Gasteiger partial charge in [0.15, 0.2) is 0 Å². The van der Waals surface area contributed by atoms with Gasteiger partial charge >= 0.3 is 0 Å². The van der Waals surface area contributed by atoms with E-state index in [9.17, 15) is 4.39 Å². The smallest absolute Gasteiger partial charge is 0.141 e. The summed E-state index contributed by atoms with van der Waals surface area (Å²) in [5.41, 5.74) is 0.898. The van der Waals surface area contributed by atoms with Crippen LogP contribution in [0.15, 0.2) is 18.5 Å². The monoisotopic (exact) mass is 228 g/mol. The molecule has 1 aromatic rings. The molecule has 84 valence electrons. The average Bonchev–Trinajstić information content (AvgIpc) is 2.24. The third-order valence-corrected chi connectivity index (χ3v) is 2.95. The number of nitrogens with one attached hydrogen (secondary N) is 1. The van der Waals surface area contributed by atoms with Crippen LogP contribution in [0.3, 0.4) is 0 Å². The van der Waals surface area contributed by atoms with E-state index in [1.165, 1.54) is 12.3 Å². The Kier molecular flexibility index (Phi) is 5.65. The minimum atomic E-state index is -0.271. The average molecular weight is 228 g/mol. The molecule has 1 heterocycles. The Labute approximate surface area is 94.7 Å². The van der Waals surface area contributed by atoms with Crippen molar-refractivity contribution in [1.29, 1.82) is 0 Å². The predicted molar refractivity (Wildman–Crippen MR) is 63.5 cm³/mol. The third kappa shape index (κ3) is 4.62. The summed E-state index contributed by atoms with van der Waals surface area (Å²) in [4.78, 5) is 3.81. The molecule has 0 radical (unpaired) electrons. The highest BCUT2D eigenvalue weighted by atomic mass is 32.2. The largest absolute Gasteiger partial charge is 0.309 e. The van der Waals surface area contributed by atoms with Gasteiger partial charge in [-0.2, -0.15) is 11.8 Å². The SMILES string of the molecule is CCC(CSC)NCc1cncc(F)c1. The second kappa shape index (κ2) is 6.80. The van der Waals surface area contributed by atoms with Crippen molar-refractivity contribution < 1.29 is 4.39 Å². The van der Waals surface area contributed by atoms with Crippen molar-refractivity contribution in [2.75, 3.05) is 12.0 Å². The van der Waals surface area contributed by atoms with E-state index < -0.39 is 0 Å². The number of thioether (sulfide) groups is 1. The van der Waals surface area contributed by atoms with Gasteiger partial charge in [-0.15, -0.1) is 0 Å². The molecule has 1 rings (SSSR count). The Balaban J connectivity index is 2.41. The van der Waals surface area contributed by atoms with Gasteiger partial charge in [-0.05, 0) is 24.3 Å². The van der Waals surface area contributed by atoms with Gasteiger partial charge in [0.25, 0.3) is 0 Å². The molecular formula is C11H17FN2S. The lowest BCUT2D eigenvalue weighted by Crippen LogP contribution is -2.30. The first-order chi connectivity index (χ1) is 7.26. The molecule has 4 heteroatoms. The molecule has 0 bridgehead atoms. The van der Waals surface area contributed by atoms with E-state index in [1.807, 2.05) is 11.8 Å². The molecule has 0 spiro atoms. The number of nitrogens with zero attached hydrogens (tertiary/aromatic N) is 1. The number of aromatic nitrogens is 1. The Morgan fingerprint density at radius 3 is 2.93 bits per heavy atom. The molecule has 0 amide bonds. The minimum absolute atomic E-state index is 0.271. The molecule has 0 saturated heterocycles. The van der Waals surface area contributed by atoms with E-state index in [0.29, 0.717) is 12.6 Å². The quantitative estimate of drug-likeness (QED) is 0.809. The van der Waals surface area contributed by atoms with Crippen LogP contribution in [0.2, 0.25) is 0 Å². The Bertz CT molecular complexity index is 294. The van der Waals surface area contributed by atoms with Crippen LogP contribution in [0.4, 0.5) is 4.39 Å². The molecule has 0 saturated carbocycles. The van der Waals surface area contributed by atoms with Crippen molar-refractivity contribution in [3.8, 4) is 0 Å². The molecule has 1 atom stereocenters. The zero-order valence-electron chi connectivity index (χ0n) is 9.16. The summed E-state index contributed by atoms with van der Waals surface area (Å²) in [7, 11) is 0. The fraction of sp³-hybridized carbons (Fsp3) is 0.545. The number of hydrogen-bond donors (Lipinski definition) is 1. The topological polar surface area (TPSA) is 24.9 Å². The minimum Gasteiger partial charge on any atom is -0.309 e. The van der Waals surface area contributed by atoms with Crippen molar-refractivity contribution in [3.63, 3.8) is 0 Å². The lowest BCUT2D eigenvalue weighted by atomic mass is 10.2. The van der Waals surface area contributed by atoms with Gasteiger partial charge in [0.1, 0.15) is 5.82 Å². The molecule has 1 unspecified atom stereocenters. The fourth-order valence-electron chi connectivity index (χ4n) is 1.34. The first kappa shape index (κ1) is 12.5. The molecule has 0 fully saturated rings. The maximum absolute atomic E-state index is 12.8. The molecule has 0 aromatic carbocycles. The van der Waals surface area contributed by atoms with Crippen LogP contribution in [-0.2, 0) is 6.54 Å². The number of halogens is 1. The summed E-state index contributed by atoms with van der Waals surface area (Å²) in [6, 6.07) is 2.01. The summed E-state index contributed by atoms with van der Waals surface area (Å²) in [5, 5.41) is 3.39. The predicted octanol–water partition coefficient (Wildman–Crippen LogP) is 2.45. The second-order valence-corrected chi connectivity index (χ2v) is 4.36. The first-order valence-corrected chi connectivity index (χ1v) is 6.47. The first-order valence-electron chi connectivity index (χ1n) is 5.08. The molecule has 1 N–H and O–H groups in total. The third-order valence-electron chi connectivity index (χ3n) is 2.22. The van der Waals surface area contributed by atoms with Crippen LogP contribution >= 0.6 is 11.8 Å². The normalized spacial score (nSPS) is 12.7. The zero-order valence-corrected chi connectivity index (χ0v) is 9.98. The van der Waals surface area contributed by atoms with Crippen molar-refractivity contribution in [2.45, 2.75) is 25.9 Å². The molecule has 0 aliphatic carbocycles. The summed E-state index contributed by atoms with van der Waals surface area (Å²) < 4.78 is 12.8. The highest BCUT2D eigenvalue weighted by Crippen LogP contribution is 2.04. The van der Waals surface area contributed by atoms with Crippen LogP contribution in [0.1, 0.15) is 18.9 Å². The number of rotatable bonds is 6. The van der Waals surface area contributed by atoms with E-state index >= 15 is 0 Å². The summed E-state index contributed by atoms with van der Waals surface area (Å²) >= 11 is 1.82. The van der Waals surface area contributed by atoms with E-state index in [2.05, 4.69) is 23.5 Å². The highest BCUT2D eigenvalue weighted by molar-refractivity contribution is 7.98. The lowest BCUT2D eigenvalue weighted by molar-refractivity contribution is 0.537. The fourth-order valence-corrected chi connectivity index (χ4v) is 2.09. The van der Waals surface area contributed by atoms with E-state index in [0.717, 1.165) is 17.7 Å². The molecule has 1 aromatic heterocycles. The van der Waals surface area contributed by atoms with Crippen LogP contribution in [0.25, 0.3) is 0 Å². The van der Waals surface area contributed by atoms with E-state index in [-0.39, 0.29) is 5.82 Å². The Morgan fingerprint density at radius 1 is 1.53 bits per heavy atom. The molecular weight excluding hydrogens is 211 g/mol. The number of hydrogen-bond acceptors (Lipinski definition) is 3. The molecule has 15 heavy (non-hydrogen) atoms. The van der Waals surface area contributed by atoms with Gasteiger partial charge in [-0.25, -0.2) is 4.39 Å². The van der Waals surface area contributed by atoms with E-state index in [4.69, 9.17) is 0 Å². The van der Waals surface area contributed by atoms with Gasteiger partial charge in [0, 0.05) is 24.5 Å². The van der Waals surface area contributed by atoms with Crippen molar-refractivity contribution >= 4 is 11.8 Å². The van der Waals surface area contributed by atoms with Crippen LogP contribution in [0, 0.1) is 5.82 Å². The Morgan fingerprint density at radius 2 is 2.33 bits per heavy atom. The number of pyridine rings is 1. The Hall–Kier alpha value is -0.610. The van der Waals surface area contributed by atoms with Crippen LogP contribution < -0.4 is 5.32 Å². The van der Waals surface area contributed by atoms with Crippen LogP contribution in [0.5, 0.6) is 0 Å². The van der Waals surface area contributed by atoms with Crippen molar-refractivity contribution in [1.82, 2.24) is 10.3 Å². The lowest BCUT2D eigenvalue weighted by Gasteiger charge is -2.15. The van der Waals surface area contributed by atoms with Gasteiger partial charge in [-0.1, -0.05) is 6.92 Å². The molecule has 2 nitrogen and oxygen atoms in total. The van der Waals surface area contributed by atoms with E-state index in [1.54, 1.807) is 6.20 Å². The van der Waals surface area contributed by atoms with Gasteiger partial charge < -0.3 is 5.32 Å². The van der Waals surface area contributed by atoms with Crippen molar-refractivity contribution in [3.05, 3.63) is 29.8 Å². The van der Waals surface area contributed by atoms with Gasteiger partial charge in [0.05, 0.1) is 6.20 Å². The molecule has 0 aliphatic rings. The standard InChI is InChI=1S/C11H17FN2S/c1-3-11(8-15-2)14-6-9-4-10(12)7-13-5-9/h4-5,7,11,14H,3,6,8H2,1-2H3. The summed E-state index contributed by atoms with van der Waals surface area (Å²) in [6.45, 7) is 2.83. The van der Waals surface area contributed by atoms with Gasteiger partial charge in [0.2, 0.25) is 0 Å². The second-order valence-electron chi connectivity index (χ2n) is 3.45.